The van der Waals surface area contributed by atoms with Crippen LogP contribution in [0.1, 0.15) is 62.0 Å². The zero-order valence-electron chi connectivity index (χ0n) is 16.6. The predicted octanol–water partition coefficient (Wildman–Crippen LogP) is 2.24. The lowest BCUT2D eigenvalue weighted by Crippen LogP contribution is -2.44. The van der Waals surface area contributed by atoms with Crippen molar-refractivity contribution in [3.05, 3.63) is 34.9 Å². The maximum atomic E-state index is 12.9. The third kappa shape index (κ3) is 3.90. The Balaban J connectivity index is 1.41. The Morgan fingerprint density at radius 1 is 1.37 bits per heavy atom. The quantitative estimate of drug-likeness (QED) is 0.756. The molecule has 27 heavy (non-hydrogen) atoms. The number of nitrogens with zero attached hydrogens (tertiary/aromatic N) is 1. The largest absolute Gasteiger partial charge is 0.349 e. The van der Waals surface area contributed by atoms with Crippen LogP contribution in [0.15, 0.2) is 18.2 Å². The summed E-state index contributed by atoms with van der Waals surface area (Å²) in [5.41, 5.74) is 6.89. The molecule has 0 aromatic heterocycles. The van der Waals surface area contributed by atoms with Crippen LogP contribution in [0.25, 0.3) is 0 Å². The van der Waals surface area contributed by atoms with E-state index in [4.69, 9.17) is 4.84 Å². The van der Waals surface area contributed by atoms with Gasteiger partial charge in [-0.1, -0.05) is 32.0 Å². The van der Waals surface area contributed by atoms with Crippen molar-refractivity contribution in [3.63, 3.8) is 0 Å². The van der Waals surface area contributed by atoms with E-state index in [0.717, 1.165) is 38.8 Å². The van der Waals surface area contributed by atoms with Crippen LogP contribution < -0.4 is 16.1 Å². The molecule has 0 radical (unpaired) electrons. The standard InChI is InChI=1S/C21H32N4O2/c1-4-19-23-20(24-27-19)15-5-7-17-14(11-15)6-8-18(17)22-21(26)16-9-10-25(3)12-13(16)2/h5,7,11,13,16,18-20,23-24H,4,6,8-10,12H2,1-3H3,(H,22,26)/t13?,16?,18-,19?,20?/m1/s1. The highest BCUT2D eigenvalue weighted by atomic mass is 16.7. The number of hydroxylamine groups is 1. The maximum absolute atomic E-state index is 12.9. The number of aryl methyl sites for hydroxylation is 1. The molecule has 2 fully saturated rings. The van der Waals surface area contributed by atoms with Crippen molar-refractivity contribution in [2.45, 2.75) is 58.0 Å². The lowest BCUT2D eigenvalue weighted by Gasteiger charge is -2.34. The Morgan fingerprint density at radius 3 is 2.96 bits per heavy atom. The molecule has 0 spiro atoms. The van der Waals surface area contributed by atoms with Crippen LogP contribution in [-0.2, 0) is 16.1 Å². The van der Waals surface area contributed by atoms with E-state index in [-0.39, 0.29) is 30.3 Å². The van der Waals surface area contributed by atoms with Crippen molar-refractivity contribution in [1.82, 2.24) is 21.0 Å². The zero-order chi connectivity index (χ0) is 19.0. The van der Waals surface area contributed by atoms with E-state index < -0.39 is 0 Å². The Bertz CT molecular complexity index is 695. The molecule has 2 heterocycles. The van der Waals surface area contributed by atoms with E-state index in [1.54, 1.807) is 0 Å². The van der Waals surface area contributed by atoms with Crippen LogP contribution in [0.2, 0.25) is 0 Å². The molecule has 3 aliphatic rings. The third-order valence-corrected chi connectivity index (χ3v) is 6.39. The number of benzene rings is 1. The van der Waals surface area contributed by atoms with Gasteiger partial charge >= 0.3 is 0 Å². The van der Waals surface area contributed by atoms with E-state index in [0.29, 0.717) is 5.92 Å². The molecule has 0 bridgehead atoms. The lowest BCUT2D eigenvalue weighted by atomic mass is 9.86. The van der Waals surface area contributed by atoms with Crippen molar-refractivity contribution in [1.29, 1.82) is 0 Å². The highest BCUT2D eigenvalue weighted by molar-refractivity contribution is 5.79. The number of piperidine rings is 1. The molecular formula is C21H32N4O2. The van der Waals surface area contributed by atoms with Gasteiger partial charge in [0.25, 0.3) is 0 Å². The van der Waals surface area contributed by atoms with Crippen molar-refractivity contribution in [3.8, 4) is 0 Å². The molecule has 1 aliphatic carbocycles. The minimum atomic E-state index is 0.0361. The summed E-state index contributed by atoms with van der Waals surface area (Å²) in [6.07, 6.45) is 3.99. The molecule has 148 valence electrons. The molecule has 4 unspecified atom stereocenters. The average Bonchev–Trinajstić information content (AvgIpc) is 3.28. The summed E-state index contributed by atoms with van der Waals surface area (Å²) in [7, 11) is 2.14. The first kappa shape index (κ1) is 18.9. The summed E-state index contributed by atoms with van der Waals surface area (Å²) in [4.78, 5) is 20.7. The molecule has 0 saturated carbocycles. The van der Waals surface area contributed by atoms with Gasteiger partial charge in [0, 0.05) is 12.5 Å². The number of nitrogens with one attached hydrogen (secondary N) is 3. The number of carbonyl (C=O) groups excluding carboxylic acids is 1. The SMILES string of the molecule is CCC1NC(c2ccc3c(c2)CC[C@H]3NC(=O)C2CCN(C)CC2C)NO1. The van der Waals surface area contributed by atoms with Gasteiger partial charge in [0.05, 0.1) is 6.04 Å². The smallest absolute Gasteiger partial charge is 0.223 e. The fourth-order valence-electron chi connectivity index (χ4n) is 4.76. The van der Waals surface area contributed by atoms with Crippen LogP contribution in [0.3, 0.4) is 0 Å². The first-order valence-corrected chi connectivity index (χ1v) is 10.3. The summed E-state index contributed by atoms with van der Waals surface area (Å²) < 4.78 is 0. The second-order valence-electron chi connectivity index (χ2n) is 8.43. The van der Waals surface area contributed by atoms with Crippen LogP contribution in [0.5, 0.6) is 0 Å². The molecule has 1 amide bonds. The van der Waals surface area contributed by atoms with E-state index in [1.807, 2.05) is 0 Å². The molecular weight excluding hydrogens is 340 g/mol. The van der Waals surface area contributed by atoms with Gasteiger partial charge in [-0.15, -0.1) is 0 Å². The Labute approximate surface area is 162 Å². The molecule has 6 heteroatoms. The number of carbonyl (C=O) groups is 1. The van der Waals surface area contributed by atoms with E-state index in [9.17, 15) is 4.79 Å². The van der Waals surface area contributed by atoms with E-state index in [1.165, 1.54) is 16.7 Å². The third-order valence-electron chi connectivity index (χ3n) is 6.39. The zero-order valence-corrected chi connectivity index (χ0v) is 16.6. The lowest BCUT2D eigenvalue weighted by molar-refractivity contribution is -0.128. The first-order chi connectivity index (χ1) is 13.0. The second-order valence-corrected chi connectivity index (χ2v) is 8.43. The number of fused-ring (bicyclic) bond motifs is 1. The molecule has 3 N–H and O–H groups in total. The van der Waals surface area contributed by atoms with Crippen LogP contribution in [0, 0.1) is 11.8 Å². The summed E-state index contributed by atoms with van der Waals surface area (Å²) in [5, 5.41) is 6.78. The van der Waals surface area contributed by atoms with Gasteiger partial charge in [0.1, 0.15) is 12.4 Å². The van der Waals surface area contributed by atoms with Crippen LogP contribution in [-0.4, -0.2) is 37.2 Å². The van der Waals surface area contributed by atoms with Gasteiger partial charge in [-0.05, 0) is 61.9 Å². The van der Waals surface area contributed by atoms with Crippen LogP contribution >= 0.6 is 0 Å². The number of amides is 1. The summed E-state index contributed by atoms with van der Waals surface area (Å²) >= 11 is 0. The average molecular weight is 373 g/mol. The molecule has 2 saturated heterocycles. The number of likely N-dealkylation sites (tertiary alicyclic amines) is 1. The number of hydrogen-bond acceptors (Lipinski definition) is 5. The Morgan fingerprint density at radius 2 is 2.22 bits per heavy atom. The number of hydrogen-bond donors (Lipinski definition) is 3. The highest BCUT2D eigenvalue weighted by Crippen LogP contribution is 2.34. The van der Waals surface area contributed by atoms with Crippen LogP contribution in [0.4, 0.5) is 0 Å². The van der Waals surface area contributed by atoms with E-state index in [2.05, 4.69) is 60.1 Å². The summed E-state index contributed by atoms with van der Waals surface area (Å²) in [5.74, 6) is 0.786. The van der Waals surface area contributed by atoms with Gasteiger partial charge in [-0.25, -0.2) is 0 Å². The van der Waals surface area contributed by atoms with Gasteiger partial charge in [-0.2, -0.15) is 5.48 Å². The van der Waals surface area contributed by atoms with Crippen molar-refractivity contribution in [2.24, 2.45) is 11.8 Å². The number of rotatable bonds is 4. The molecule has 2 aliphatic heterocycles. The van der Waals surface area contributed by atoms with Gasteiger partial charge < -0.3 is 10.2 Å². The summed E-state index contributed by atoms with van der Waals surface area (Å²) in [6.45, 7) is 6.31. The maximum Gasteiger partial charge on any atom is 0.223 e. The highest BCUT2D eigenvalue weighted by Gasteiger charge is 2.33. The minimum Gasteiger partial charge on any atom is -0.349 e. The van der Waals surface area contributed by atoms with Gasteiger partial charge in [0.15, 0.2) is 0 Å². The fraction of sp³-hybridized carbons (Fsp3) is 0.667. The van der Waals surface area contributed by atoms with Crippen molar-refractivity contribution in [2.75, 3.05) is 20.1 Å². The first-order valence-electron chi connectivity index (χ1n) is 10.3. The molecule has 1 aromatic carbocycles. The molecule has 5 atom stereocenters. The molecule has 1 aromatic rings. The minimum absolute atomic E-state index is 0.0361. The molecule has 6 nitrogen and oxygen atoms in total. The summed E-state index contributed by atoms with van der Waals surface area (Å²) in [6, 6.07) is 6.74. The van der Waals surface area contributed by atoms with Crippen molar-refractivity contribution >= 4 is 5.91 Å². The predicted molar refractivity (Wildman–Crippen MR) is 105 cm³/mol. The fourth-order valence-corrected chi connectivity index (χ4v) is 4.76. The Kier molecular flexibility index (Phi) is 5.50. The second kappa shape index (κ2) is 7.87. The molecule has 4 rings (SSSR count). The van der Waals surface area contributed by atoms with Gasteiger partial charge in [-0.3, -0.25) is 14.9 Å². The van der Waals surface area contributed by atoms with Gasteiger partial charge in [0.2, 0.25) is 5.91 Å². The Hall–Kier alpha value is -1.47. The van der Waals surface area contributed by atoms with Crippen molar-refractivity contribution < 1.29 is 9.63 Å². The topological polar surface area (TPSA) is 65.6 Å². The van der Waals surface area contributed by atoms with E-state index >= 15 is 0 Å². The monoisotopic (exact) mass is 372 g/mol. The normalized spacial score (nSPS) is 33.8.